The minimum atomic E-state index is -0.550. The predicted molar refractivity (Wildman–Crippen MR) is 102 cm³/mol. The number of halogens is 2. The van der Waals surface area contributed by atoms with Crippen LogP contribution in [0.5, 0.6) is 5.75 Å². The molecule has 0 radical (unpaired) electrons. The molecule has 1 aliphatic heterocycles. The number of hydrogen-bond acceptors (Lipinski definition) is 5. The van der Waals surface area contributed by atoms with Crippen LogP contribution < -0.4 is 0 Å². The van der Waals surface area contributed by atoms with E-state index in [-0.39, 0.29) is 28.0 Å². The minimum Gasteiger partial charge on any atom is -0.506 e. The second-order valence-corrected chi connectivity index (χ2v) is 7.25. The summed E-state index contributed by atoms with van der Waals surface area (Å²) in [6.45, 7) is -0.347. The quantitative estimate of drug-likeness (QED) is 0.591. The molecular weight excluding hydrogens is 397 g/mol. The van der Waals surface area contributed by atoms with E-state index in [4.69, 9.17) is 23.2 Å². The van der Waals surface area contributed by atoms with Crippen LogP contribution in [0.1, 0.15) is 15.9 Å². The van der Waals surface area contributed by atoms with Crippen molar-refractivity contribution in [3.05, 3.63) is 68.5 Å². The van der Waals surface area contributed by atoms with Crippen molar-refractivity contribution in [2.24, 2.45) is 0 Å². The zero-order valence-electron chi connectivity index (χ0n) is 13.1. The molecule has 1 saturated heterocycles. The molecule has 5 nitrogen and oxygen atoms in total. The molecule has 2 aromatic rings. The summed E-state index contributed by atoms with van der Waals surface area (Å²) in [4.78, 5) is 37.9. The average molecular weight is 408 g/mol. The molecule has 0 saturated carbocycles. The fourth-order valence-corrected chi connectivity index (χ4v) is 3.42. The molecule has 1 aliphatic rings. The van der Waals surface area contributed by atoms with E-state index in [9.17, 15) is 19.5 Å². The van der Waals surface area contributed by atoms with Crippen LogP contribution in [0.25, 0.3) is 6.08 Å². The molecule has 8 heteroatoms. The summed E-state index contributed by atoms with van der Waals surface area (Å²) in [5.41, 5.74) is 0.921. The first kappa shape index (κ1) is 18.5. The van der Waals surface area contributed by atoms with Crippen LogP contribution in [-0.4, -0.2) is 33.5 Å². The van der Waals surface area contributed by atoms with Gasteiger partial charge in [-0.1, -0.05) is 29.3 Å². The van der Waals surface area contributed by atoms with E-state index in [1.807, 2.05) is 0 Å². The van der Waals surface area contributed by atoms with Gasteiger partial charge in [-0.05, 0) is 59.8 Å². The smallest absolute Gasteiger partial charge is 0.293 e. The first-order valence-corrected chi connectivity index (χ1v) is 8.95. The van der Waals surface area contributed by atoms with Gasteiger partial charge in [0.05, 0.1) is 16.5 Å². The van der Waals surface area contributed by atoms with E-state index in [0.717, 1.165) is 16.7 Å². The highest BCUT2D eigenvalue weighted by Gasteiger charge is 2.36. The van der Waals surface area contributed by atoms with Crippen LogP contribution in [0.15, 0.2) is 47.4 Å². The summed E-state index contributed by atoms with van der Waals surface area (Å²) in [6.07, 6.45) is 1.49. The van der Waals surface area contributed by atoms with Crippen molar-refractivity contribution in [1.82, 2.24) is 4.90 Å². The first-order chi connectivity index (χ1) is 12.3. The molecule has 0 aliphatic carbocycles. The van der Waals surface area contributed by atoms with Gasteiger partial charge in [0.25, 0.3) is 11.1 Å². The molecule has 26 heavy (non-hydrogen) atoms. The minimum absolute atomic E-state index is 0.0783. The van der Waals surface area contributed by atoms with Gasteiger partial charge in [0.2, 0.25) is 0 Å². The van der Waals surface area contributed by atoms with Gasteiger partial charge in [0.15, 0.2) is 5.78 Å². The molecular formula is C18H11Cl2NO4S. The largest absolute Gasteiger partial charge is 0.506 e. The zero-order valence-corrected chi connectivity index (χ0v) is 15.4. The molecule has 132 valence electrons. The highest BCUT2D eigenvalue weighted by Crippen LogP contribution is 2.33. The van der Waals surface area contributed by atoms with Crippen molar-refractivity contribution in [2.75, 3.05) is 6.54 Å². The van der Waals surface area contributed by atoms with E-state index in [1.165, 1.54) is 30.3 Å². The summed E-state index contributed by atoms with van der Waals surface area (Å²) in [5, 5.41) is 9.54. The number of phenols is 1. The topological polar surface area (TPSA) is 74.7 Å². The number of Topliss-reactive ketones (excluding diaryl/α,β-unsaturated/α-hetero) is 1. The Balaban J connectivity index is 1.78. The van der Waals surface area contributed by atoms with E-state index in [2.05, 4.69) is 0 Å². The van der Waals surface area contributed by atoms with Crippen LogP contribution in [0, 0.1) is 0 Å². The lowest BCUT2D eigenvalue weighted by Crippen LogP contribution is -2.33. The molecule has 0 unspecified atom stereocenters. The maximum atomic E-state index is 12.5. The highest BCUT2D eigenvalue weighted by molar-refractivity contribution is 8.18. The third-order valence-corrected chi connectivity index (χ3v) is 5.07. The Kier molecular flexibility index (Phi) is 5.36. The van der Waals surface area contributed by atoms with E-state index in [1.54, 1.807) is 18.2 Å². The summed E-state index contributed by atoms with van der Waals surface area (Å²) < 4.78 is 0. The standard InChI is InChI=1S/C18H11Cl2NO4S/c19-12-4-2-11(3-5-12)15(23)9-21-17(24)16(26-18(21)25)8-10-1-6-14(22)13(20)7-10/h1-8,22H,9H2/b16-8+. The van der Waals surface area contributed by atoms with Gasteiger partial charge in [-0.15, -0.1) is 0 Å². The second-order valence-electron chi connectivity index (χ2n) is 5.41. The number of phenolic OH excluding ortho intramolecular Hbond substituents is 1. The SMILES string of the molecule is O=C(CN1C(=O)S/C(=C/c2ccc(O)c(Cl)c2)C1=O)c1ccc(Cl)cc1. The van der Waals surface area contributed by atoms with Crippen molar-refractivity contribution >= 4 is 58.0 Å². The summed E-state index contributed by atoms with van der Waals surface area (Å²) >= 11 is 12.4. The molecule has 3 rings (SSSR count). The normalized spacial score (nSPS) is 15.8. The number of carbonyl (C=O) groups is 3. The summed E-state index contributed by atoms with van der Waals surface area (Å²) in [6, 6.07) is 10.6. The number of thioether (sulfide) groups is 1. The number of carbonyl (C=O) groups excluding carboxylic acids is 3. The predicted octanol–water partition coefficient (Wildman–Crippen LogP) is 4.62. The monoisotopic (exact) mass is 407 g/mol. The third-order valence-electron chi connectivity index (χ3n) is 3.61. The van der Waals surface area contributed by atoms with E-state index < -0.39 is 11.1 Å². The fraction of sp³-hybridized carbons (Fsp3) is 0.0556. The lowest BCUT2D eigenvalue weighted by atomic mass is 10.1. The van der Waals surface area contributed by atoms with Crippen LogP contribution in [0.3, 0.4) is 0 Å². The Morgan fingerprint density at radius 2 is 1.81 bits per heavy atom. The molecule has 2 amide bonds. The number of benzene rings is 2. The van der Waals surface area contributed by atoms with Gasteiger partial charge in [0, 0.05) is 10.6 Å². The number of imide groups is 1. The molecule has 0 bridgehead atoms. The lowest BCUT2D eigenvalue weighted by Gasteiger charge is -2.11. The van der Waals surface area contributed by atoms with E-state index in [0.29, 0.717) is 16.1 Å². The Labute approximate surface area is 163 Å². The molecule has 1 heterocycles. The maximum absolute atomic E-state index is 12.5. The zero-order chi connectivity index (χ0) is 18.8. The second kappa shape index (κ2) is 7.53. The van der Waals surface area contributed by atoms with Crippen molar-refractivity contribution in [3.63, 3.8) is 0 Å². The van der Waals surface area contributed by atoms with Crippen molar-refractivity contribution in [2.45, 2.75) is 0 Å². The van der Waals surface area contributed by atoms with Crippen LogP contribution in [0.2, 0.25) is 10.0 Å². The number of rotatable bonds is 4. The third kappa shape index (κ3) is 3.93. The molecule has 0 spiro atoms. The number of aromatic hydroxyl groups is 1. The Morgan fingerprint density at radius 1 is 1.12 bits per heavy atom. The van der Waals surface area contributed by atoms with Crippen LogP contribution in [-0.2, 0) is 4.79 Å². The van der Waals surface area contributed by atoms with Gasteiger partial charge in [-0.25, -0.2) is 0 Å². The summed E-state index contributed by atoms with van der Waals surface area (Å²) in [7, 11) is 0. The van der Waals surface area contributed by atoms with Crippen molar-refractivity contribution < 1.29 is 19.5 Å². The highest BCUT2D eigenvalue weighted by atomic mass is 35.5. The van der Waals surface area contributed by atoms with E-state index >= 15 is 0 Å². The maximum Gasteiger partial charge on any atom is 0.293 e. The fourth-order valence-electron chi connectivity index (χ4n) is 2.27. The van der Waals surface area contributed by atoms with Gasteiger partial charge in [-0.3, -0.25) is 19.3 Å². The van der Waals surface area contributed by atoms with Gasteiger partial charge in [0.1, 0.15) is 5.75 Å². The van der Waals surface area contributed by atoms with Gasteiger partial charge >= 0.3 is 0 Å². The molecule has 2 aromatic carbocycles. The Morgan fingerprint density at radius 3 is 2.46 bits per heavy atom. The van der Waals surface area contributed by atoms with Crippen LogP contribution >= 0.6 is 35.0 Å². The van der Waals surface area contributed by atoms with Gasteiger partial charge in [-0.2, -0.15) is 0 Å². The molecule has 0 atom stereocenters. The number of amides is 2. The number of ketones is 1. The lowest BCUT2D eigenvalue weighted by molar-refractivity contribution is -0.122. The number of hydrogen-bond donors (Lipinski definition) is 1. The molecule has 1 fully saturated rings. The van der Waals surface area contributed by atoms with Crippen molar-refractivity contribution in [3.8, 4) is 5.75 Å². The molecule has 0 aromatic heterocycles. The van der Waals surface area contributed by atoms with Crippen LogP contribution in [0.4, 0.5) is 4.79 Å². The molecule has 1 N–H and O–H groups in total. The van der Waals surface area contributed by atoms with Gasteiger partial charge < -0.3 is 5.11 Å². The number of nitrogens with zero attached hydrogens (tertiary/aromatic N) is 1. The first-order valence-electron chi connectivity index (χ1n) is 7.38. The van der Waals surface area contributed by atoms with Crippen molar-refractivity contribution in [1.29, 1.82) is 0 Å². The Bertz CT molecular complexity index is 941. The average Bonchev–Trinajstić information content (AvgIpc) is 2.86. The summed E-state index contributed by atoms with van der Waals surface area (Å²) in [5.74, 6) is -0.991. The Hall–Kier alpha value is -2.28.